The molecule has 0 bridgehead atoms. The lowest BCUT2D eigenvalue weighted by Gasteiger charge is -2.27. The summed E-state index contributed by atoms with van der Waals surface area (Å²) in [6, 6.07) is 8.85. The van der Waals surface area contributed by atoms with Crippen LogP contribution in [0.3, 0.4) is 0 Å². The Bertz CT molecular complexity index is 511. The number of anilines is 1. The van der Waals surface area contributed by atoms with E-state index >= 15 is 0 Å². The second-order valence-electron chi connectivity index (χ2n) is 6.51. The summed E-state index contributed by atoms with van der Waals surface area (Å²) in [5.74, 6) is 1.36. The van der Waals surface area contributed by atoms with Crippen molar-refractivity contribution >= 4 is 23.4 Å². The van der Waals surface area contributed by atoms with Gasteiger partial charge in [-0.25, -0.2) is 4.42 Å². The van der Waals surface area contributed by atoms with E-state index in [4.69, 9.17) is 11.8 Å². The SMILES string of the molecule is CC(=O)Nc1ccc([C@@H]2C[C@H]2NCC2CCN(Cl)CC2)cc1. The van der Waals surface area contributed by atoms with Gasteiger partial charge in [0.15, 0.2) is 0 Å². The molecule has 1 aliphatic heterocycles. The van der Waals surface area contributed by atoms with E-state index in [1.165, 1.54) is 31.7 Å². The average Bonchev–Trinajstić information content (AvgIpc) is 3.26. The summed E-state index contributed by atoms with van der Waals surface area (Å²) in [5.41, 5.74) is 2.23. The molecule has 2 aliphatic rings. The molecule has 1 saturated heterocycles. The first-order valence-corrected chi connectivity index (χ1v) is 8.47. The maximum atomic E-state index is 11.0. The Kier molecular flexibility index (Phi) is 5.01. The molecule has 1 heterocycles. The fourth-order valence-electron chi connectivity index (χ4n) is 3.23. The minimum atomic E-state index is -0.0262. The number of hydrogen-bond donors (Lipinski definition) is 2. The molecular formula is C17H24ClN3O. The first-order valence-electron chi connectivity index (χ1n) is 8.13. The van der Waals surface area contributed by atoms with Gasteiger partial charge in [-0.3, -0.25) is 4.79 Å². The van der Waals surface area contributed by atoms with E-state index in [0.29, 0.717) is 12.0 Å². The number of halogens is 1. The number of carbonyl (C=O) groups is 1. The van der Waals surface area contributed by atoms with E-state index in [0.717, 1.165) is 31.2 Å². The lowest BCUT2D eigenvalue weighted by Crippen LogP contribution is -2.33. The number of rotatable bonds is 5. The molecule has 4 nitrogen and oxygen atoms in total. The Balaban J connectivity index is 1.43. The van der Waals surface area contributed by atoms with Crippen LogP contribution in [-0.2, 0) is 4.79 Å². The van der Waals surface area contributed by atoms with E-state index in [1.54, 1.807) is 0 Å². The molecule has 1 aliphatic carbocycles. The van der Waals surface area contributed by atoms with E-state index in [2.05, 4.69) is 22.8 Å². The zero-order valence-corrected chi connectivity index (χ0v) is 13.8. The maximum absolute atomic E-state index is 11.0. The first-order chi connectivity index (χ1) is 10.6. The minimum absolute atomic E-state index is 0.0262. The molecular weight excluding hydrogens is 298 g/mol. The lowest BCUT2D eigenvalue weighted by atomic mass is 9.98. The topological polar surface area (TPSA) is 44.4 Å². The number of carbonyl (C=O) groups excluding carboxylic acids is 1. The van der Waals surface area contributed by atoms with Gasteiger partial charge in [0.1, 0.15) is 0 Å². The lowest BCUT2D eigenvalue weighted by molar-refractivity contribution is -0.114. The monoisotopic (exact) mass is 321 g/mol. The van der Waals surface area contributed by atoms with Crippen molar-refractivity contribution in [3.05, 3.63) is 29.8 Å². The molecule has 22 heavy (non-hydrogen) atoms. The summed E-state index contributed by atoms with van der Waals surface area (Å²) in [7, 11) is 0. The van der Waals surface area contributed by atoms with Crippen LogP contribution in [0.25, 0.3) is 0 Å². The predicted octanol–water partition coefficient (Wildman–Crippen LogP) is 2.96. The van der Waals surface area contributed by atoms with Crippen LogP contribution in [0.5, 0.6) is 0 Å². The molecule has 0 aromatic heterocycles. The largest absolute Gasteiger partial charge is 0.326 e. The van der Waals surface area contributed by atoms with Crippen LogP contribution in [0.4, 0.5) is 5.69 Å². The van der Waals surface area contributed by atoms with E-state index < -0.39 is 0 Å². The summed E-state index contributed by atoms with van der Waals surface area (Å²) in [6.07, 6.45) is 3.60. The maximum Gasteiger partial charge on any atom is 0.221 e. The van der Waals surface area contributed by atoms with Crippen LogP contribution in [0.1, 0.15) is 37.7 Å². The summed E-state index contributed by atoms with van der Waals surface area (Å²) < 4.78 is 1.90. The van der Waals surface area contributed by atoms with Gasteiger partial charge in [-0.15, -0.1) is 0 Å². The van der Waals surface area contributed by atoms with Gasteiger partial charge >= 0.3 is 0 Å². The molecule has 1 aromatic carbocycles. The van der Waals surface area contributed by atoms with Crippen molar-refractivity contribution in [2.75, 3.05) is 25.0 Å². The molecule has 3 rings (SSSR count). The van der Waals surface area contributed by atoms with Crippen molar-refractivity contribution < 1.29 is 4.79 Å². The minimum Gasteiger partial charge on any atom is -0.326 e. The van der Waals surface area contributed by atoms with Crippen molar-refractivity contribution in [1.82, 2.24) is 9.74 Å². The normalized spacial score (nSPS) is 25.9. The van der Waals surface area contributed by atoms with Gasteiger partial charge < -0.3 is 10.6 Å². The molecule has 5 heteroatoms. The average molecular weight is 322 g/mol. The number of amides is 1. The second kappa shape index (κ2) is 6.99. The molecule has 2 fully saturated rings. The number of hydrogen-bond acceptors (Lipinski definition) is 3. The molecule has 0 spiro atoms. The molecule has 1 saturated carbocycles. The highest BCUT2D eigenvalue weighted by molar-refractivity contribution is 6.13. The highest BCUT2D eigenvalue weighted by Gasteiger charge is 2.38. The molecule has 2 atom stereocenters. The summed E-state index contributed by atoms with van der Waals surface area (Å²) in [4.78, 5) is 11.0. The third-order valence-electron chi connectivity index (χ3n) is 4.68. The van der Waals surface area contributed by atoms with Gasteiger partial charge in [-0.05, 0) is 61.2 Å². The van der Waals surface area contributed by atoms with Crippen molar-refractivity contribution in [3.63, 3.8) is 0 Å². The highest BCUT2D eigenvalue weighted by Crippen LogP contribution is 2.41. The number of nitrogens with one attached hydrogen (secondary N) is 2. The molecule has 0 unspecified atom stereocenters. The van der Waals surface area contributed by atoms with E-state index in [-0.39, 0.29) is 5.91 Å². The van der Waals surface area contributed by atoms with Crippen molar-refractivity contribution in [1.29, 1.82) is 0 Å². The van der Waals surface area contributed by atoms with Gasteiger partial charge in [-0.2, -0.15) is 0 Å². The summed E-state index contributed by atoms with van der Waals surface area (Å²) in [5, 5.41) is 6.51. The highest BCUT2D eigenvalue weighted by atomic mass is 35.5. The molecule has 0 radical (unpaired) electrons. The fourth-order valence-corrected chi connectivity index (χ4v) is 3.42. The van der Waals surface area contributed by atoms with Crippen molar-refractivity contribution in [2.45, 2.75) is 38.1 Å². The van der Waals surface area contributed by atoms with Crippen molar-refractivity contribution in [3.8, 4) is 0 Å². The Hall–Kier alpha value is -1.10. The molecule has 2 N–H and O–H groups in total. The molecule has 1 aromatic rings. The zero-order chi connectivity index (χ0) is 15.5. The molecule has 120 valence electrons. The number of piperidine rings is 1. The second-order valence-corrected chi connectivity index (χ2v) is 6.99. The van der Waals surface area contributed by atoms with Gasteiger partial charge in [0.2, 0.25) is 5.91 Å². The first kappa shape index (κ1) is 15.8. The van der Waals surface area contributed by atoms with Crippen LogP contribution in [0.2, 0.25) is 0 Å². The Labute approximate surface area is 137 Å². The third-order valence-corrected chi connectivity index (χ3v) is 5.02. The Morgan fingerprint density at radius 2 is 1.95 bits per heavy atom. The standard InChI is InChI=1S/C17H24ClN3O/c1-12(22)20-15-4-2-14(3-5-15)16-10-17(16)19-11-13-6-8-21(18)9-7-13/h2-5,13,16-17,19H,6-11H2,1H3,(H,20,22)/t16-,17+/m0/s1. The number of benzene rings is 1. The van der Waals surface area contributed by atoms with Gasteiger partial charge in [-0.1, -0.05) is 12.1 Å². The quantitative estimate of drug-likeness (QED) is 0.820. The Morgan fingerprint density at radius 1 is 1.27 bits per heavy atom. The van der Waals surface area contributed by atoms with Crippen LogP contribution >= 0.6 is 11.8 Å². The van der Waals surface area contributed by atoms with Crippen LogP contribution in [0, 0.1) is 5.92 Å². The van der Waals surface area contributed by atoms with Crippen LogP contribution in [-0.4, -0.2) is 36.0 Å². The summed E-state index contributed by atoms with van der Waals surface area (Å²) >= 11 is 5.99. The van der Waals surface area contributed by atoms with Crippen molar-refractivity contribution in [2.24, 2.45) is 5.92 Å². The summed E-state index contributed by atoms with van der Waals surface area (Å²) in [6.45, 7) is 4.65. The predicted molar refractivity (Wildman–Crippen MR) is 90.0 cm³/mol. The number of nitrogens with zero attached hydrogens (tertiary/aromatic N) is 1. The Morgan fingerprint density at radius 3 is 2.59 bits per heavy atom. The fraction of sp³-hybridized carbons (Fsp3) is 0.588. The molecule has 1 amide bonds. The third kappa shape index (κ3) is 4.22. The van der Waals surface area contributed by atoms with Gasteiger partial charge in [0.05, 0.1) is 0 Å². The smallest absolute Gasteiger partial charge is 0.221 e. The van der Waals surface area contributed by atoms with Gasteiger partial charge in [0.25, 0.3) is 0 Å². The van der Waals surface area contributed by atoms with E-state index in [1.807, 2.05) is 16.6 Å². The van der Waals surface area contributed by atoms with E-state index in [9.17, 15) is 4.79 Å². The van der Waals surface area contributed by atoms with Crippen LogP contribution < -0.4 is 10.6 Å². The van der Waals surface area contributed by atoms with Gasteiger partial charge in [0, 0.05) is 37.7 Å². The van der Waals surface area contributed by atoms with Crippen LogP contribution in [0.15, 0.2) is 24.3 Å². The zero-order valence-electron chi connectivity index (χ0n) is 13.0.